The van der Waals surface area contributed by atoms with Crippen molar-refractivity contribution in [3.05, 3.63) is 23.8 Å². The van der Waals surface area contributed by atoms with Crippen molar-refractivity contribution in [3.8, 4) is 5.75 Å². The van der Waals surface area contributed by atoms with Crippen molar-refractivity contribution in [1.29, 1.82) is 0 Å². The highest BCUT2D eigenvalue weighted by Gasteiger charge is 2.30. The van der Waals surface area contributed by atoms with Gasteiger partial charge in [-0.3, -0.25) is 4.79 Å². The van der Waals surface area contributed by atoms with Crippen LogP contribution in [0.15, 0.2) is 18.2 Å². The third kappa shape index (κ3) is 3.63. The predicted octanol–water partition coefficient (Wildman–Crippen LogP) is 0.639. The third-order valence-corrected chi connectivity index (χ3v) is 3.38. The lowest BCUT2D eigenvalue weighted by Gasteiger charge is -2.13. The molecule has 7 heteroatoms. The Morgan fingerprint density at radius 2 is 2.24 bits per heavy atom. The molecule has 1 amide bonds. The molecule has 1 aromatic rings. The van der Waals surface area contributed by atoms with Crippen LogP contribution >= 0.6 is 0 Å². The van der Waals surface area contributed by atoms with E-state index in [0.717, 1.165) is 0 Å². The van der Waals surface area contributed by atoms with E-state index in [9.17, 15) is 9.59 Å². The fourth-order valence-corrected chi connectivity index (χ4v) is 2.20. The normalized spacial score (nSPS) is 21.0. The maximum atomic E-state index is 12.1. The number of carbonyl (C=O) groups is 2. The van der Waals surface area contributed by atoms with Gasteiger partial charge in [-0.05, 0) is 31.0 Å². The zero-order valence-corrected chi connectivity index (χ0v) is 11.7. The van der Waals surface area contributed by atoms with E-state index in [4.69, 9.17) is 20.3 Å². The van der Waals surface area contributed by atoms with Crippen molar-refractivity contribution in [2.45, 2.75) is 25.0 Å². The number of hydrogen-bond acceptors (Lipinski definition) is 5. The second-order valence-electron chi connectivity index (χ2n) is 4.83. The summed E-state index contributed by atoms with van der Waals surface area (Å²) in [5, 5.41) is 11.5. The van der Waals surface area contributed by atoms with Gasteiger partial charge in [0.1, 0.15) is 5.75 Å². The standard InChI is InChI=1S/C14H18N2O5/c1-20-8-2-4-11(15)10(6-8)13(17)16-7-9-3-5-12(21-9)14(18)19/h2,4,6,9,12H,3,5,7,15H2,1H3,(H,16,17)(H,18,19). The summed E-state index contributed by atoms with van der Waals surface area (Å²) < 4.78 is 10.4. The Kier molecular flexibility index (Phi) is 4.64. The molecule has 0 aromatic heterocycles. The van der Waals surface area contributed by atoms with Gasteiger partial charge in [-0.25, -0.2) is 4.79 Å². The van der Waals surface area contributed by atoms with Gasteiger partial charge in [0.15, 0.2) is 6.10 Å². The number of anilines is 1. The number of carboxylic acids is 1. The Bertz CT molecular complexity index is 546. The molecule has 1 aliphatic heterocycles. The molecule has 4 N–H and O–H groups in total. The summed E-state index contributed by atoms with van der Waals surface area (Å²) in [6, 6.07) is 4.82. The molecule has 1 aliphatic rings. The molecular formula is C14H18N2O5. The molecule has 0 bridgehead atoms. The fraction of sp³-hybridized carbons (Fsp3) is 0.429. The second-order valence-corrected chi connectivity index (χ2v) is 4.83. The third-order valence-electron chi connectivity index (χ3n) is 3.38. The van der Waals surface area contributed by atoms with Gasteiger partial charge < -0.3 is 25.6 Å². The Morgan fingerprint density at radius 3 is 2.86 bits per heavy atom. The van der Waals surface area contributed by atoms with E-state index in [1.165, 1.54) is 7.11 Å². The average Bonchev–Trinajstić information content (AvgIpc) is 2.94. The molecule has 1 fully saturated rings. The minimum atomic E-state index is -0.971. The van der Waals surface area contributed by atoms with Gasteiger partial charge in [-0.2, -0.15) is 0 Å². The highest BCUT2D eigenvalue weighted by atomic mass is 16.5. The lowest BCUT2D eigenvalue weighted by Crippen LogP contribution is -2.33. The van der Waals surface area contributed by atoms with Crippen LogP contribution in [0.1, 0.15) is 23.2 Å². The predicted molar refractivity (Wildman–Crippen MR) is 75.3 cm³/mol. The first-order valence-corrected chi connectivity index (χ1v) is 6.61. The topological polar surface area (TPSA) is 111 Å². The number of hydrogen-bond donors (Lipinski definition) is 3. The van der Waals surface area contributed by atoms with Crippen molar-refractivity contribution >= 4 is 17.6 Å². The Morgan fingerprint density at radius 1 is 1.48 bits per heavy atom. The van der Waals surface area contributed by atoms with Crippen LogP contribution in [0.25, 0.3) is 0 Å². The molecule has 114 valence electrons. The molecule has 21 heavy (non-hydrogen) atoms. The van der Waals surface area contributed by atoms with Crippen LogP contribution in [-0.4, -0.2) is 42.8 Å². The van der Waals surface area contributed by atoms with Crippen molar-refractivity contribution in [1.82, 2.24) is 5.32 Å². The van der Waals surface area contributed by atoms with Crippen LogP contribution < -0.4 is 15.8 Å². The van der Waals surface area contributed by atoms with Crippen molar-refractivity contribution in [2.75, 3.05) is 19.4 Å². The first-order chi connectivity index (χ1) is 10.0. The lowest BCUT2D eigenvalue weighted by atomic mass is 10.1. The number of benzene rings is 1. The number of amides is 1. The lowest BCUT2D eigenvalue weighted by molar-refractivity contribution is -0.149. The highest BCUT2D eigenvalue weighted by Crippen LogP contribution is 2.21. The van der Waals surface area contributed by atoms with Gasteiger partial charge in [0.05, 0.1) is 18.8 Å². The quantitative estimate of drug-likeness (QED) is 0.687. The van der Waals surface area contributed by atoms with Crippen LogP contribution in [-0.2, 0) is 9.53 Å². The van der Waals surface area contributed by atoms with Crippen LogP contribution in [0.2, 0.25) is 0 Å². The first kappa shape index (κ1) is 15.1. The number of carbonyl (C=O) groups excluding carboxylic acids is 1. The van der Waals surface area contributed by atoms with E-state index in [2.05, 4.69) is 5.32 Å². The van der Waals surface area contributed by atoms with Crippen LogP contribution in [0.5, 0.6) is 5.75 Å². The minimum Gasteiger partial charge on any atom is -0.497 e. The monoisotopic (exact) mass is 294 g/mol. The smallest absolute Gasteiger partial charge is 0.332 e. The van der Waals surface area contributed by atoms with Gasteiger partial charge in [-0.15, -0.1) is 0 Å². The molecule has 2 rings (SSSR count). The molecule has 0 saturated carbocycles. The summed E-state index contributed by atoms with van der Waals surface area (Å²) in [5.74, 6) is -0.771. The summed E-state index contributed by atoms with van der Waals surface area (Å²) in [6.07, 6.45) is -0.0159. The Hall–Kier alpha value is -2.28. The Balaban J connectivity index is 1.92. The van der Waals surface area contributed by atoms with E-state index in [-0.39, 0.29) is 18.6 Å². The average molecular weight is 294 g/mol. The number of rotatable bonds is 5. The largest absolute Gasteiger partial charge is 0.497 e. The molecule has 1 saturated heterocycles. The van der Waals surface area contributed by atoms with Gasteiger partial charge in [0.25, 0.3) is 5.91 Å². The van der Waals surface area contributed by atoms with Gasteiger partial charge >= 0.3 is 5.97 Å². The zero-order valence-electron chi connectivity index (χ0n) is 11.7. The van der Waals surface area contributed by atoms with E-state index in [1.807, 2.05) is 0 Å². The van der Waals surface area contributed by atoms with Crippen LogP contribution in [0.4, 0.5) is 5.69 Å². The first-order valence-electron chi connectivity index (χ1n) is 6.61. The molecule has 0 aliphatic carbocycles. The Labute approximate surface area is 122 Å². The number of nitrogens with one attached hydrogen (secondary N) is 1. The molecule has 0 spiro atoms. The number of nitrogens with two attached hydrogens (primary N) is 1. The molecule has 0 radical (unpaired) electrons. The highest BCUT2D eigenvalue weighted by molar-refractivity contribution is 5.99. The number of methoxy groups -OCH3 is 1. The second kappa shape index (κ2) is 6.45. The van der Waals surface area contributed by atoms with E-state index in [1.54, 1.807) is 18.2 Å². The fourth-order valence-electron chi connectivity index (χ4n) is 2.20. The van der Waals surface area contributed by atoms with E-state index >= 15 is 0 Å². The zero-order chi connectivity index (χ0) is 15.4. The summed E-state index contributed by atoms with van der Waals surface area (Å²) in [4.78, 5) is 22.9. The van der Waals surface area contributed by atoms with E-state index in [0.29, 0.717) is 29.8 Å². The van der Waals surface area contributed by atoms with Crippen molar-refractivity contribution < 1.29 is 24.2 Å². The number of aliphatic carboxylic acids is 1. The van der Waals surface area contributed by atoms with Gasteiger partial charge in [0, 0.05) is 12.2 Å². The molecule has 7 nitrogen and oxygen atoms in total. The number of carboxylic acid groups (broad SMARTS) is 1. The van der Waals surface area contributed by atoms with Gasteiger partial charge in [0.2, 0.25) is 0 Å². The van der Waals surface area contributed by atoms with Crippen molar-refractivity contribution in [3.63, 3.8) is 0 Å². The number of ether oxygens (including phenoxy) is 2. The summed E-state index contributed by atoms with van der Waals surface area (Å²) in [7, 11) is 1.51. The minimum absolute atomic E-state index is 0.249. The molecule has 2 unspecified atom stereocenters. The maximum absolute atomic E-state index is 12.1. The number of nitrogen functional groups attached to an aromatic ring is 1. The van der Waals surface area contributed by atoms with Gasteiger partial charge in [-0.1, -0.05) is 0 Å². The van der Waals surface area contributed by atoms with E-state index < -0.39 is 12.1 Å². The summed E-state index contributed by atoms with van der Waals surface area (Å²) >= 11 is 0. The van der Waals surface area contributed by atoms with Crippen LogP contribution in [0.3, 0.4) is 0 Å². The summed E-state index contributed by atoms with van der Waals surface area (Å²) in [5.41, 5.74) is 6.44. The molecular weight excluding hydrogens is 276 g/mol. The molecule has 2 atom stereocenters. The summed E-state index contributed by atoms with van der Waals surface area (Å²) in [6.45, 7) is 0.249. The van der Waals surface area contributed by atoms with Crippen molar-refractivity contribution in [2.24, 2.45) is 0 Å². The molecule has 1 heterocycles. The van der Waals surface area contributed by atoms with Crippen LogP contribution in [0, 0.1) is 0 Å². The maximum Gasteiger partial charge on any atom is 0.332 e. The SMILES string of the molecule is COc1ccc(N)c(C(=O)NCC2CCC(C(=O)O)O2)c1. The molecule has 1 aromatic carbocycles.